The normalized spacial score (nSPS) is 10.3. The highest BCUT2D eigenvalue weighted by Crippen LogP contribution is 2.28. The topological polar surface area (TPSA) is 38.3 Å². The van der Waals surface area contributed by atoms with Gasteiger partial charge < -0.3 is 10.1 Å². The Hall–Kier alpha value is -2.59. The van der Waals surface area contributed by atoms with Crippen LogP contribution in [0.15, 0.2) is 66.0 Å². The number of hydrogen-bond donors (Lipinski definition) is 1. The molecule has 116 valence electrons. The smallest absolute Gasteiger partial charge is 0.262 e. The van der Waals surface area contributed by atoms with Gasteiger partial charge in [-0.15, -0.1) is 11.3 Å². The Bertz CT molecular complexity index is 796. The summed E-state index contributed by atoms with van der Waals surface area (Å²) in [5.74, 6) is 0.736. The predicted octanol–water partition coefficient (Wildman–Crippen LogP) is 4.35. The van der Waals surface area contributed by atoms with E-state index in [4.69, 9.17) is 4.74 Å². The maximum Gasteiger partial charge on any atom is 0.262 e. The molecule has 0 bridgehead atoms. The number of methoxy groups -OCH3 is 1. The molecular formula is C19H17NO2S. The molecule has 3 rings (SSSR count). The molecule has 0 unspecified atom stereocenters. The van der Waals surface area contributed by atoms with E-state index in [-0.39, 0.29) is 5.91 Å². The zero-order valence-electron chi connectivity index (χ0n) is 12.8. The minimum absolute atomic E-state index is 0.0540. The van der Waals surface area contributed by atoms with Crippen molar-refractivity contribution >= 4 is 17.2 Å². The molecule has 0 aliphatic carbocycles. The molecule has 1 heterocycles. The summed E-state index contributed by atoms with van der Waals surface area (Å²) in [4.78, 5) is 13.2. The van der Waals surface area contributed by atoms with Crippen molar-refractivity contribution in [3.8, 4) is 16.9 Å². The molecule has 0 aliphatic rings. The first-order chi connectivity index (χ1) is 11.3. The third-order valence-electron chi connectivity index (χ3n) is 3.54. The lowest BCUT2D eigenvalue weighted by Crippen LogP contribution is -2.22. The number of amides is 1. The molecule has 4 heteroatoms. The average molecular weight is 323 g/mol. The second kappa shape index (κ2) is 7.11. The van der Waals surface area contributed by atoms with Crippen molar-refractivity contribution in [2.45, 2.75) is 6.54 Å². The number of thiophene rings is 1. The third kappa shape index (κ3) is 3.60. The lowest BCUT2D eigenvalue weighted by molar-refractivity contribution is 0.0955. The van der Waals surface area contributed by atoms with E-state index >= 15 is 0 Å². The van der Waals surface area contributed by atoms with E-state index < -0.39 is 0 Å². The highest BCUT2D eigenvalue weighted by Gasteiger charge is 2.14. The van der Waals surface area contributed by atoms with Crippen LogP contribution in [-0.4, -0.2) is 13.0 Å². The van der Waals surface area contributed by atoms with E-state index in [1.54, 1.807) is 7.11 Å². The molecule has 0 saturated carbocycles. The van der Waals surface area contributed by atoms with Gasteiger partial charge in [0.15, 0.2) is 0 Å². The van der Waals surface area contributed by atoms with E-state index in [1.807, 2.05) is 66.0 Å². The lowest BCUT2D eigenvalue weighted by atomic mass is 10.1. The van der Waals surface area contributed by atoms with Crippen LogP contribution in [0.25, 0.3) is 11.1 Å². The van der Waals surface area contributed by atoms with Gasteiger partial charge in [-0.05, 0) is 34.7 Å². The summed E-state index contributed by atoms with van der Waals surface area (Å²) in [5.41, 5.74) is 3.04. The minimum atomic E-state index is -0.0540. The Morgan fingerprint density at radius 3 is 2.70 bits per heavy atom. The first-order valence-electron chi connectivity index (χ1n) is 7.32. The van der Waals surface area contributed by atoms with Gasteiger partial charge in [0.25, 0.3) is 5.91 Å². The molecule has 23 heavy (non-hydrogen) atoms. The van der Waals surface area contributed by atoms with E-state index in [0.717, 1.165) is 27.3 Å². The maximum atomic E-state index is 12.5. The van der Waals surface area contributed by atoms with Crippen LogP contribution in [0.2, 0.25) is 0 Å². The third-order valence-corrected chi connectivity index (χ3v) is 4.46. The van der Waals surface area contributed by atoms with Gasteiger partial charge in [-0.1, -0.05) is 42.5 Å². The van der Waals surface area contributed by atoms with Crippen LogP contribution in [0.4, 0.5) is 0 Å². The standard InChI is InChI=1S/C19H17NO2S/c1-22-16-9-5-6-14(12-16)13-20-19(21)18-17(10-11-23-18)15-7-3-2-4-8-15/h2-12H,13H2,1H3,(H,20,21). The van der Waals surface area contributed by atoms with Crippen LogP contribution in [0, 0.1) is 0 Å². The molecule has 1 aromatic heterocycles. The molecule has 1 N–H and O–H groups in total. The fraction of sp³-hybridized carbons (Fsp3) is 0.105. The van der Waals surface area contributed by atoms with Crippen molar-refractivity contribution in [3.05, 3.63) is 76.5 Å². The number of rotatable bonds is 5. The average Bonchev–Trinajstić information content (AvgIpc) is 3.10. The van der Waals surface area contributed by atoms with E-state index in [2.05, 4.69) is 5.32 Å². The highest BCUT2D eigenvalue weighted by molar-refractivity contribution is 7.12. The monoisotopic (exact) mass is 323 g/mol. The fourth-order valence-corrected chi connectivity index (χ4v) is 3.21. The SMILES string of the molecule is COc1cccc(CNC(=O)c2sccc2-c2ccccc2)c1. The molecule has 0 radical (unpaired) electrons. The molecule has 0 atom stereocenters. The summed E-state index contributed by atoms with van der Waals surface area (Å²) in [6.07, 6.45) is 0. The number of carbonyl (C=O) groups is 1. The summed E-state index contributed by atoms with van der Waals surface area (Å²) in [6, 6.07) is 19.6. The summed E-state index contributed by atoms with van der Waals surface area (Å²) >= 11 is 1.46. The second-order valence-electron chi connectivity index (χ2n) is 5.06. The van der Waals surface area contributed by atoms with Crippen LogP contribution < -0.4 is 10.1 Å². The van der Waals surface area contributed by atoms with Crippen LogP contribution in [-0.2, 0) is 6.54 Å². The lowest BCUT2D eigenvalue weighted by Gasteiger charge is -2.08. The Labute approximate surface area is 139 Å². The van der Waals surface area contributed by atoms with Crippen molar-refractivity contribution in [2.75, 3.05) is 7.11 Å². The maximum absolute atomic E-state index is 12.5. The number of carbonyl (C=O) groups excluding carboxylic acids is 1. The second-order valence-corrected chi connectivity index (χ2v) is 5.98. The van der Waals surface area contributed by atoms with E-state index in [9.17, 15) is 4.79 Å². The van der Waals surface area contributed by atoms with Gasteiger partial charge in [0, 0.05) is 12.1 Å². The van der Waals surface area contributed by atoms with Crippen molar-refractivity contribution < 1.29 is 9.53 Å². The van der Waals surface area contributed by atoms with Gasteiger partial charge in [-0.2, -0.15) is 0 Å². The zero-order valence-corrected chi connectivity index (χ0v) is 13.6. The molecular weight excluding hydrogens is 306 g/mol. The molecule has 3 aromatic rings. The van der Waals surface area contributed by atoms with E-state index in [0.29, 0.717) is 6.54 Å². The molecule has 2 aromatic carbocycles. The van der Waals surface area contributed by atoms with Crippen molar-refractivity contribution in [3.63, 3.8) is 0 Å². The predicted molar refractivity (Wildman–Crippen MR) is 93.9 cm³/mol. The summed E-state index contributed by atoms with van der Waals surface area (Å²) in [5, 5.41) is 4.93. The molecule has 0 spiro atoms. The Morgan fingerprint density at radius 2 is 1.91 bits per heavy atom. The van der Waals surface area contributed by atoms with Crippen LogP contribution in [0.3, 0.4) is 0 Å². The van der Waals surface area contributed by atoms with Gasteiger partial charge in [-0.3, -0.25) is 4.79 Å². The zero-order chi connectivity index (χ0) is 16.1. The molecule has 0 fully saturated rings. The quantitative estimate of drug-likeness (QED) is 0.758. The van der Waals surface area contributed by atoms with Crippen LogP contribution in [0.1, 0.15) is 15.2 Å². The van der Waals surface area contributed by atoms with Gasteiger partial charge in [-0.25, -0.2) is 0 Å². The Morgan fingerprint density at radius 1 is 1.09 bits per heavy atom. The minimum Gasteiger partial charge on any atom is -0.497 e. The first kappa shape index (κ1) is 15.3. The van der Waals surface area contributed by atoms with Gasteiger partial charge in [0.05, 0.1) is 12.0 Å². The van der Waals surface area contributed by atoms with Crippen molar-refractivity contribution in [2.24, 2.45) is 0 Å². The van der Waals surface area contributed by atoms with Gasteiger partial charge >= 0.3 is 0 Å². The molecule has 0 aliphatic heterocycles. The molecule has 0 saturated heterocycles. The van der Waals surface area contributed by atoms with Crippen molar-refractivity contribution in [1.82, 2.24) is 5.32 Å². The molecule has 1 amide bonds. The summed E-state index contributed by atoms with van der Waals surface area (Å²) in [7, 11) is 1.63. The van der Waals surface area contributed by atoms with Crippen LogP contribution in [0.5, 0.6) is 5.75 Å². The Balaban J connectivity index is 1.73. The Kier molecular flexibility index (Phi) is 4.74. The number of benzene rings is 2. The number of ether oxygens (including phenoxy) is 1. The fourth-order valence-electron chi connectivity index (χ4n) is 2.38. The van der Waals surface area contributed by atoms with Crippen molar-refractivity contribution in [1.29, 1.82) is 0 Å². The largest absolute Gasteiger partial charge is 0.497 e. The highest BCUT2D eigenvalue weighted by atomic mass is 32.1. The summed E-state index contributed by atoms with van der Waals surface area (Å²) in [6.45, 7) is 0.474. The van der Waals surface area contributed by atoms with Gasteiger partial charge in [0.1, 0.15) is 5.75 Å². The number of hydrogen-bond acceptors (Lipinski definition) is 3. The van der Waals surface area contributed by atoms with Gasteiger partial charge in [0.2, 0.25) is 0 Å². The first-order valence-corrected chi connectivity index (χ1v) is 8.20. The summed E-state index contributed by atoms with van der Waals surface area (Å²) < 4.78 is 5.20. The molecule has 3 nitrogen and oxygen atoms in total. The van der Waals surface area contributed by atoms with Crippen LogP contribution >= 0.6 is 11.3 Å². The van der Waals surface area contributed by atoms with E-state index in [1.165, 1.54) is 11.3 Å². The number of nitrogens with one attached hydrogen (secondary N) is 1.